The molecule has 1 unspecified atom stereocenters. The molecule has 3 aromatic carbocycles. The molecule has 0 aliphatic rings. The second kappa shape index (κ2) is 13.4. The van der Waals surface area contributed by atoms with Crippen molar-refractivity contribution in [3.63, 3.8) is 0 Å². The van der Waals surface area contributed by atoms with Gasteiger partial charge < -0.3 is 10.2 Å². The summed E-state index contributed by atoms with van der Waals surface area (Å²) in [6.45, 7) is 9.64. The number of hydrogen-bond donors (Lipinski definition) is 1. The predicted octanol–water partition coefficient (Wildman–Crippen LogP) is 4.79. The standard InChI is InChI=1S/C31H39N3O4S/c1-6-19-32-31(36)26(5)33(20-18-27-10-8-7-9-11-27)30(35)22-34(29-17-14-24(3)21-25(29)4)39(37,38)28-15-12-23(2)13-16-28/h7-17,21,26H,6,18-20,22H2,1-5H3,(H,32,36). The summed E-state index contributed by atoms with van der Waals surface area (Å²) in [5, 5.41) is 2.86. The van der Waals surface area contributed by atoms with E-state index >= 15 is 0 Å². The fourth-order valence-electron chi connectivity index (χ4n) is 4.40. The van der Waals surface area contributed by atoms with E-state index in [4.69, 9.17) is 0 Å². The predicted molar refractivity (Wildman–Crippen MR) is 156 cm³/mol. The van der Waals surface area contributed by atoms with Crippen LogP contribution in [0, 0.1) is 20.8 Å². The maximum absolute atomic E-state index is 13.9. The van der Waals surface area contributed by atoms with Crippen molar-refractivity contribution in [2.45, 2.75) is 58.4 Å². The van der Waals surface area contributed by atoms with Crippen LogP contribution in [0.5, 0.6) is 0 Å². The second-order valence-electron chi connectivity index (χ2n) is 9.90. The van der Waals surface area contributed by atoms with Gasteiger partial charge in [-0.1, -0.05) is 72.6 Å². The van der Waals surface area contributed by atoms with Crippen LogP contribution in [0.2, 0.25) is 0 Å². The smallest absolute Gasteiger partial charge is 0.264 e. The summed E-state index contributed by atoms with van der Waals surface area (Å²) in [7, 11) is -4.08. The Morgan fingerprint density at radius 1 is 0.897 bits per heavy atom. The van der Waals surface area contributed by atoms with E-state index in [9.17, 15) is 18.0 Å². The number of rotatable bonds is 12. The number of nitrogens with one attached hydrogen (secondary N) is 1. The molecular weight excluding hydrogens is 510 g/mol. The molecule has 0 spiro atoms. The van der Waals surface area contributed by atoms with Crippen molar-refractivity contribution in [3.05, 3.63) is 95.1 Å². The molecule has 0 aliphatic heterocycles. The number of nitrogens with zero attached hydrogens (tertiary/aromatic N) is 2. The SMILES string of the molecule is CCCNC(=O)C(C)N(CCc1ccccc1)C(=O)CN(c1ccc(C)cc1C)S(=O)(=O)c1ccc(C)cc1. The molecule has 0 aromatic heterocycles. The van der Waals surface area contributed by atoms with Gasteiger partial charge in [-0.2, -0.15) is 0 Å². The minimum atomic E-state index is -4.08. The van der Waals surface area contributed by atoms with Gasteiger partial charge in [0.05, 0.1) is 10.6 Å². The van der Waals surface area contributed by atoms with Crippen LogP contribution in [0.4, 0.5) is 5.69 Å². The van der Waals surface area contributed by atoms with E-state index in [1.54, 1.807) is 37.3 Å². The van der Waals surface area contributed by atoms with Gasteiger partial charge in [0.2, 0.25) is 11.8 Å². The topological polar surface area (TPSA) is 86.8 Å². The fourth-order valence-corrected chi connectivity index (χ4v) is 5.88. The van der Waals surface area contributed by atoms with Gasteiger partial charge in [0, 0.05) is 13.1 Å². The second-order valence-corrected chi connectivity index (χ2v) is 11.8. The van der Waals surface area contributed by atoms with Crippen molar-refractivity contribution in [2.75, 3.05) is 23.9 Å². The van der Waals surface area contributed by atoms with Crippen LogP contribution in [0.15, 0.2) is 77.7 Å². The van der Waals surface area contributed by atoms with Crippen LogP contribution in [-0.2, 0) is 26.0 Å². The minimum Gasteiger partial charge on any atom is -0.354 e. The van der Waals surface area contributed by atoms with Gasteiger partial charge in [-0.25, -0.2) is 8.42 Å². The van der Waals surface area contributed by atoms with Crippen molar-refractivity contribution < 1.29 is 18.0 Å². The Hall–Kier alpha value is -3.65. The number of aryl methyl sites for hydroxylation is 3. The molecule has 208 valence electrons. The number of carbonyl (C=O) groups is 2. The van der Waals surface area contributed by atoms with E-state index in [2.05, 4.69) is 5.32 Å². The van der Waals surface area contributed by atoms with E-state index in [1.165, 1.54) is 9.21 Å². The van der Waals surface area contributed by atoms with Crippen LogP contribution < -0.4 is 9.62 Å². The Labute approximate surface area is 232 Å². The van der Waals surface area contributed by atoms with Crippen LogP contribution in [0.25, 0.3) is 0 Å². The quantitative estimate of drug-likeness (QED) is 0.352. The van der Waals surface area contributed by atoms with Gasteiger partial charge in [-0.3, -0.25) is 13.9 Å². The first-order valence-corrected chi connectivity index (χ1v) is 14.8. The Bertz CT molecular complexity index is 1370. The molecule has 0 saturated carbocycles. The normalized spacial score (nSPS) is 12.0. The molecule has 2 amide bonds. The zero-order valence-electron chi connectivity index (χ0n) is 23.5. The van der Waals surface area contributed by atoms with Gasteiger partial charge in [0.1, 0.15) is 12.6 Å². The molecule has 8 heteroatoms. The lowest BCUT2D eigenvalue weighted by atomic mass is 10.1. The van der Waals surface area contributed by atoms with Crippen LogP contribution >= 0.6 is 0 Å². The summed E-state index contributed by atoms with van der Waals surface area (Å²) in [6.07, 6.45) is 1.30. The van der Waals surface area contributed by atoms with E-state index < -0.39 is 28.5 Å². The first kappa shape index (κ1) is 29.9. The number of sulfonamides is 1. The molecule has 0 bridgehead atoms. The van der Waals surface area contributed by atoms with Gasteiger partial charge >= 0.3 is 0 Å². The number of amides is 2. The highest BCUT2D eigenvalue weighted by Gasteiger charge is 2.32. The largest absolute Gasteiger partial charge is 0.354 e. The number of hydrogen-bond acceptors (Lipinski definition) is 4. The summed E-state index contributed by atoms with van der Waals surface area (Å²) in [6, 6.07) is 21.0. The zero-order chi connectivity index (χ0) is 28.6. The molecule has 7 nitrogen and oxygen atoms in total. The fraction of sp³-hybridized carbons (Fsp3) is 0.355. The molecular formula is C31H39N3O4S. The van der Waals surface area contributed by atoms with Crippen molar-refractivity contribution >= 4 is 27.5 Å². The highest BCUT2D eigenvalue weighted by Crippen LogP contribution is 2.28. The Balaban J connectivity index is 2.00. The van der Waals surface area contributed by atoms with E-state index in [0.717, 1.165) is 28.7 Å². The van der Waals surface area contributed by atoms with Crippen molar-refractivity contribution in [2.24, 2.45) is 0 Å². The first-order chi connectivity index (χ1) is 18.5. The van der Waals surface area contributed by atoms with Gasteiger partial charge in [0.25, 0.3) is 10.0 Å². The maximum atomic E-state index is 13.9. The summed E-state index contributed by atoms with van der Waals surface area (Å²) >= 11 is 0. The zero-order valence-corrected chi connectivity index (χ0v) is 24.3. The third kappa shape index (κ3) is 7.69. The average molecular weight is 550 g/mol. The molecule has 0 heterocycles. The summed E-state index contributed by atoms with van der Waals surface area (Å²) < 4.78 is 29.0. The van der Waals surface area contributed by atoms with E-state index in [1.807, 2.05) is 70.2 Å². The lowest BCUT2D eigenvalue weighted by Gasteiger charge is -2.32. The van der Waals surface area contributed by atoms with E-state index in [0.29, 0.717) is 18.7 Å². The minimum absolute atomic E-state index is 0.102. The third-order valence-electron chi connectivity index (χ3n) is 6.71. The summed E-state index contributed by atoms with van der Waals surface area (Å²) in [5.74, 6) is -0.710. The maximum Gasteiger partial charge on any atom is 0.264 e. The Morgan fingerprint density at radius 3 is 2.15 bits per heavy atom. The van der Waals surface area contributed by atoms with Crippen molar-refractivity contribution in [1.29, 1.82) is 0 Å². The lowest BCUT2D eigenvalue weighted by Crippen LogP contribution is -2.52. The van der Waals surface area contributed by atoms with Gasteiger partial charge in [-0.05, 0) is 69.9 Å². The molecule has 1 N–H and O–H groups in total. The first-order valence-electron chi connectivity index (χ1n) is 13.3. The number of benzene rings is 3. The number of carbonyl (C=O) groups excluding carboxylic acids is 2. The molecule has 0 aliphatic carbocycles. The van der Waals surface area contributed by atoms with Crippen LogP contribution in [-0.4, -0.2) is 50.8 Å². The highest BCUT2D eigenvalue weighted by molar-refractivity contribution is 7.92. The van der Waals surface area contributed by atoms with Crippen LogP contribution in [0.3, 0.4) is 0 Å². The molecule has 3 aromatic rings. The molecule has 1 atom stereocenters. The monoisotopic (exact) mass is 549 g/mol. The number of anilines is 1. The molecule has 3 rings (SSSR count). The third-order valence-corrected chi connectivity index (χ3v) is 8.48. The van der Waals surface area contributed by atoms with Crippen molar-refractivity contribution in [3.8, 4) is 0 Å². The summed E-state index contributed by atoms with van der Waals surface area (Å²) in [5.41, 5.74) is 4.11. The van der Waals surface area contributed by atoms with Crippen molar-refractivity contribution in [1.82, 2.24) is 10.2 Å². The highest BCUT2D eigenvalue weighted by atomic mass is 32.2. The lowest BCUT2D eigenvalue weighted by molar-refractivity contribution is -0.138. The van der Waals surface area contributed by atoms with Gasteiger partial charge in [-0.15, -0.1) is 0 Å². The summed E-state index contributed by atoms with van der Waals surface area (Å²) in [4.78, 5) is 28.4. The molecule has 0 radical (unpaired) electrons. The Kier molecular flexibility index (Phi) is 10.3. The molecule has 0 saturated heterocycles. The average Bonchev–Trinajstić information content (AvgIpc) is 2.91. The van der Waals surface area contributed by atoms with Gasteiger partial charge in [0.15, 0.2) is 0 Å². The Morgan fingerprint density at radius 2 is 1.54 bits per heavy atom. The van der Waals surface area contributed by atoms with E-state index in [-0.39, 0.29) is 17.3 Å². The molecule has 39 heavy (non-hydrogen) atoms. The van der Waals surface area contributed by atoms with Crippen LogP contribution in [0.1, 0.15) is 42.5 Å². The molecule has 0 fully saturated rings.